The van der Waals surface area contributed by atoms with E-state index in [-0.39, 0.29) is 29.1 Å². The van der Waals surface area contributed by atoms with Gasteiger partial charge >= 0.3 is 0 Å². The number of hydrogen-bond acceptors (Lipinski definition) is 8. The second-order valence-electron chi connectivity index (χ2n) is 11.5. The lowest BCUT2D eigenvalue weighted by Gasteiger charge is -2.22. The number of benzene rings is 2. The fourth-order valence-corrected chi connectivity index (χ4v) is 7.00. The molecule has 1 fully saturated rings. The maximum absolute atomic E-state index is 13.2. The zero-order chi connectivity index (χ0) is 30.8. The summed E-state index contributed by atoms with van der Waals surface area (Å²) in [6.07, 6.45) is 7.92. The van der Waals surface area contributed by atoms with Crippen LogP contribution in [0.15, 0.2) is 53.5 Å². The lowest BCUT2D eigenvalue weighted by atomic mass is 9.99. The molecule has 1 aliphatic heterocycles. The fraction of sp³-hybridized carbons (Fsp3) is 0.333. The molecule has 1 aliphatic carbocycles. The minimum atomic E-state index is -0.307. The van der Waals surface area contributed by atoms with Crippen LogP contribution < -0.4 is 32.6 Å². The number of anilines is 5. The van der Waals surface area contributed by atoms with Crippen LogP contribution in [-0.4, -0.2) is 34.5 Å². The summed E-state index contributed by atoms with van der Waals surface area (Å²) in [7, 11) is 1.67. The zero-order valence-electron chi connectivity index (χ0n) is 25.0. The highest BCUT2D eigenvalue weighted by atomic mass is 32.1. The molecule has 10 nitrogen and oxygen atoms in total. The van der Waals surface area contributed by atoms with E-state index in [0.29, 0.717) is 35.0 Å². The minimum Gasteiger partial charge on any atom is -0.397 e. The van der Waals surface area contributed by atoms with Gasteiger partial charge in [-0.3, -0.25) is 14.4 Å². The summed E-state index contributed by atoms with van der Waals surface area (Å²) in [5, 5.41) is 12.4. The predicted molar refractivity (Wildman–Crippen MR) is 177 cm³/mol. The summed E-state index contributed by atoms with van der Waals surface area (Å²) in [5.41, 5.74) is 11.7. The van der Waals surface area contributed by atoms with E-state index in [1.165, 1.54) is 27.8 Å². The largest absolute Gasteiger partial charge is 0.397 e. The Balaban J connectivity index is 1.21. The summed E-state index contributed by atoms with van der Waals surface area (Å²) in [4.78, 5) is 45.6. The van der Waals surface area contributed by atoms with Crippen molar-refractivity contribution in [2.75, 3.05) is 34.8 Å². The molecule has 2 amide bonds. The van der Waals surface area contributed by atoms with Gasteiger partial charge in [0.15, 0.2) is 5.82 Å². The number of amides is 2. The number of hydrogen-bond donors (Lipinski definition) is 5. The molecule has 2 aromatic heterocycles. The maximum Gasteiger partial charge on any atom is 0.293 e. The van der Waals surface area contributed by atoms with Crippen LogP contribution in [0.2, 0.25) is 0 Å². The van der Waals surface area contributed by atoms with Gasteiger partial charge in [0.1, 0.15) is 0 Å². The Morgan fingerprint density at radius 3 is 2.68 bits per heavy atom. The molecule has 2 aromatic carbocycles. The molecular formula is C33H37N7O3S. The van der Waals surface area contributed by atoms with E-state index in [1.54, 1.807) is 42.8 Å². The third-order valence-corrected chi connectivity index (χ3v) is 9.63. The van der Waals surface area contributed by atoms with Crippen LogP contribution in [0.1, 0.15) is 51.4 Å². The molecule has 1 atom stereocenters. The van der Waals surface area contributed by atoms with E-state index in [0.717, 1.165) is 48.2 Å². The number of carbonyl (C=O) groups is 2. The molecule has 3 heterocycles. The van der Waals surface area contributed by atoms with Crippen molar-refractivity contribution in [3.63, 3.8) is 0 Å². The quantitative estimate of drug-likeness (QED) is 0.181. The van der Waals surface area contributed by atoms with Gasteiger partial charge in [-0.05, 0) is 93.5 Å². The van der Waals surface area contributed by atoms with E-state index >= 15 is 0 Å². The smallest absolute Gasteiger partial charge is 0.293 e. The van der Waals surface area contributed by atoms with Crippen molar-refractivity contribution in [2.24, 2.45) is 13.0 Å². The van der Waals surface area contributed by atoms with Crippen LogP contribution in [0.3, 0.4) is 0 Å². The average molecular weight is 612 g/mol. The molecule has 6 N–H and O–H groups in total. The minimum absolute atomic E-state index is 0.0591. The van der Waals surface area contributed by atoms with Gasteiger partial charge < -0.3 is 31.6 Å². The second kappa shape index (κ2) is 12.6. The van der Waals surface area contributed by atoms with Crippen LogP contribution in [0.25, 0.3) is 11.3 Å². The Morgan fingerprint density at radius 1 is 1.07 bits per heavy atom. The van der Waals surface area contributed by atoms with Gasteiger partial charge in [0.2, 0.25) is 5.91 Å². The lowest BCUT2D eigenvalue weighted by molar-refractivity contribution is -0.120. The van der Waals surface area contributed by atoms with Crippen LogP contribution in [0.4, 0.5) is 28.6 Å². The number of aromatic nitrogens is 2. The highest BCUT2D eigenvalue weighted by molar-refractivity contribution is 7.14. The average Bonchev–Trinajstić information content (AvgIpc) is 3.47. The summed E-state index contributed by atoms with van der Waals surface area (Å²) in [6, 6.07) is 12.8. The van der Waals surface area contributed by atoms with Crippen LogP contribution in [0, 0.1) is 12.8 Å². The molecular weight excluding hydrogens is 574 g/mol. The van der Waals surface area contributed by atoms with Crippen LogP contribution in [-0.2, 0) is 24.7 Å². The molecule has 1 unspecified atom stereocenters. The number of aryl methyl sites for hydroxylation is 3. The van der Waals surface area contributed by atoms with Crippen molar-refractivity contribution in [1.82, 2.24) is 14.9 Å². The predicted octanol–water partition coefficient (Wildman–Crippen LogP) is 5.21. The first-order valence-corrected chi connectivity index (χ1v) is 15.9. The Bertz CT molecular complexity index is 1770. The Kier molecular flexibility index (Phi) is 8.49. The third kappa shape index (κ3) is 6.24. The van der Waals surface area contributed by atoms with Gasteiger partial charge in [-0.1, -0.05) is 12.1 Å². The topological polar surface area (TPSA) is 143 Å². The van der Waals surface area contributed by atoms with Gasteiger partial charge in [-0.15, -0.1) is 11.3 Å². The Hall–Kier alpha value is -4.48. The molecule has 0 radical (unpaired) electrons. The molecule has 6 rings (SSSR count). The van der Waals surface area contributed by atoms with E-state index in [9.17, 15) is 14.4 Å². The van der Waals surface area contributed by atoms with Gasteiger partial charge in [0, 0.05) is 41.6 Å². The molecule has 44 heavy (non-hydrogen) atoms. The number of piperidine rings is 1. The number of carbonyl (C=O) groups excluding carboxylic acids is 2. The standard InChI is InChI=1S/C33H37N7O3S/c1-19-23(9-5-10-25(19)38-32(42)29-15-20-7-3-4-11-28(20)44-29)27-18-40(2)33(43)30(37-27)36-22-12-13-26(24(34)16-22)39-31(41)21-8-6-14-35-17-21/h5,9-10,12-13,15-16,18,21,35H,3-4,6-8,11,14,17,34H2,1-2H3,(H,36,37)(H,38,42)(H,39,41). The number of rotatable bonds is 7. The number of fused-ring (bicyclic) bond motifs is 1. The Labute approximate surface area is 260 Å². The van der Waals surface area contributed by atoms with E-state index in [4.69, 9.17) is 5.73 Å². The first-order chi connectivity index (χ1) is 21.3. The molecule has 0 spiro atoms. The van der Waals surface area contributed by atoms with Crippen molar-refractivity contribution >= 4 is 51.7 Å². The second-order valence-corrected chi connectivity index (χ2v) is 12.7. The zero-order valence-corrected chi connectivity index (χ0v) is 25.8. The van der Waals surface area contributed by atoms with Gasteiger partial charge in [-0.2, -0.15) is 0 Å². The van der Waals surface area contributed by atoms with E-state index < -0.39 is 0 Å². The van der Waals surface area contributed by atoms with Gasteiger partial charge in [-0.25, -0.2) is 4.98 Å². The summed E-state index contributed by atoms with van der Waals surface area (Å²) >= 11 is 1.58. The highest BCUT2D eigenvalue weighted by Crippen LogP contribution is 2.32. The molecule has 4 aromatic rings. The van der Waals surface area contributed by atoms with Gasteiger partial charge in [0.25, 0.3) is 11.5 Å². The Morgan fingerprint density at radius 2 is 1.91 bits per heavy atom. The number of nitrogen functional groups attached to an aromatic ring is 1. The first-order valence-electron chi connectivity index (χ1n) is 15.1. The monoisotopic (exact) mass is 611 g/mol. The molecule has 228 valence electrons. The summed E-state index contributed by atoms with van der Waals surface area (Å²) in [5.74, 6) is -0.135. The molecule has 2 aliphatic rings. The van der Waals surface area contributed by atoms with Crippen molar-refractivity contribution < 1.29 is 9.59 Å². The summed E-state index contributed by atoms with van der Waals surface area (Å²) < 4.78 is 1.47. The molecule has 0 saturated carbocycles. The lowest BCUT2D eigenvalue weighted by Crippen LogP contribution is -2.37. The third-order valence-electron chi connectivity index (χ3n) is 8.39. The molecule has 1 saturated heterocycles. The fourth-order valence-electron chi connectivity index (χ4n) is 5.85. The molecule has 0 bridgehead atoms. The number of nitrogens with one attached hydrogen (secondary N) is 4. The first kappa shape index (κ1) is 29.6. The van der Waals surface area contributed by atoms with Crippen LogP contribution >= 0.6 is 11.3 Å². The van der Waals surface area contributed by atoms with Crippen molar-refractivity contribution in [2.45, 2.75) is 45.4 Å². The van der Waals surface area contributed by atoms with Crippen LogP contribution in [0.5, 0.6) is 0 Å². The van der Waals surface area contributed by atoms with Crippen molar-refractivity contribution in [3.8, 4) is 11.3 Å². The number of nitrogens with zero attached hydrogens (tertiary/aromatic N) is 2. The van der Waals surface area contributed by atoms with Crippen molar-refractivity contribution in [3.05, 3.63) is 79.9 Å². The maximum atomic E-state index is 13.2. The van der Waals surface area contributed by atoms with E-state index in [1.807, 2.05) is 31.2 Å². The van der Waals surface area contributed by atoms with Gasteiger partial charge in [0.05, 0.1) is 27.9 Å². The highest BCUT2D eigenvalue weighted by Gasteiger charge is 2.22. The van der Waals surface area contributed by atoms with Crippen molar-refractivity contribution in [1.29, 1.82) is 0 Å². The number of thiophene rings is 1. The van der Waals surface area contributed by atoms with E-state index in [2.05, 4.69) is 26.3 Å². The normalized spacial score (nSPS) is 16.2. The summed E-state index contributed by atoms with van der Waals surface area (Å²) in [6.45, 7) is 3.52. The SMILES string of the molecule is Cc1c(NC(=O)c2cc3c(s2)CCCC3)cccc1-c1cn(C)c(=O)c(Nc2ccc(NC(=O)C3CCCNC3)c(N)c2)n1. The number of nitrogens with two attached hydrogens (primary N) is 1. The molecule has 11 heteroatoms.